The molecule has 0 spiro atoms. The summed E-state index contributed by atoms with van der Waals surface area (Å²) in [5.41, 5.74) is 3.41. The van der Waals surface area contributed by atoms with Gasteiger partial charge in [-0.3, -0.25) is 4.68 Å². The van der Waals surface area contributed by atoms with Crippen LogP contribution in [0.5, 0.6) is 5.75 Å². The van der Waals surface area contributed by atoms with Crippen LogP contribution in [0.15, 0.2) is 30.3 Å². The highest BCUT2D eigenvalue weighted by atomic mass is 16.5. The lowest BCUT2D eigenvalue weighted by Gasteiger charge is -2.10. The molecule has 2 aromatic rings. The van der Waals surface area contributed by atoms with Gasteiger partial charge in [-0.15, -0.1) is 0 Å². The first-order valence-electron chi connectivity index (χ1n) is 7.70. The largest absolute Gasteiger partial charge is 0.487 e. The van der Waals surface area contributed by atoms with Crippen LogP contribution in [0.1, 0.15) is 57.0 Å². The van der Waals surface area contributed by atoms with Crippen molar-refractivity contribution < 1.29 is 4.74 Å². The number of aryl methyl sites for hydroxylation is 2. The third-order valence-electron chi connectivity index (χ3n) is 3.01. The van der Waals surface area contributed by atoms with Crippen molar-refractivity contribution in [2.45, 2.75) is 53.6 Å². The Morgan fingerprint density at radius 3 is 2.38 bits per heavy atom. The fraction of sp³-hybridized carbons (Fsp3) is 0.500. The minimum Gasteiger partial charge on any atom is -0.487 e. The summed E-state index contributed by atoms with van der Waals surface area (Å²) >= 11 is 0. The maximum Gasteiger partial charge on any atom is 0.130 e. The summed E-state index contributed by atoms with van der Waals surface area (Å²) < 4.78 is 7.68. The molecule has 0 aliphatic carbocycles. The van der Waals surface area contributed by atoms with E-state index >= 15 is 0 Å². The number of hydrogen-bond donors (Lipinski definition) is 0. The van der Waals surface area contributed by atoms with E-state index in [1.54, 1.807) is 0 Å². The fourth-order valence-corrected chi connectivity index (χ4v) is 1.92. The summed E-state index contributed by atoms with van der Waals surface area (Å²) in [6.45, 7) is 11.2. The van der Waals surface area contributed by atoms with E-state index in [1.807, 2.05) is 36.9 Å². The fourth-order valence-electron chi connectivity index (χ4n) is 1.92. The monoisotopic (exact) mass is 288 g/mol. The van der Waals surface area contributed by atoms with Gasteiger partial charge in [0.25, 0.3) is 0 Å². The van der Waals surface area contributed by atoms with Crippen LogP contribution in [-0.4, -0.2) is 9.78 Å². The molecule has 1 aromatic heterocycles. The Hall–Kier alpha value is -1.77. The minimum atomic E-state index is 0.521. The molecule has 2 rings (SSSR count). The first kappa shape index (κ1) is 17.3. The number of hydrogen-bond acceptors (Lipinski definition) is 2. The van der Waals surface area contributed by atoms with Gasteiger partial charge in [-0.05, 0) is 36.6 Å². The first-order chi connectivity index (χ1) is 9.97. The van der Waals surface area contributed by atoms with Crippen molar-refractivity contribution in [3.05, 3.63) is 47.3 Å². The Bertz CT molecular complexity index is 544. The predicted octanol–water partition coefficient (Wildman–Crippen LogP) is 4.85. The molecule has 0 fully saturated rings. The molecule has 21 heavy (non-hydrogen) atoms. The lowest BCUT2D eigenvalue weighted by molar-refractivity contribution is 0.294. The van der Waals surface area contributed by atoms with E-state index in [-0.39, 0.29) is 0 Å². The molecule has 0 aliphatic heterocycles. The van der Waals surface area contributed by atoms with E-state index in [0.717, 1.165) is 17.1 Å². The molecule has 3 nitrogen and oxygen atoms in total. The third kappa shape index (κ3) is 5.62. The van der Waals surface area contributed by atoms with E-state index in [9.17, 15) is 0 Å². The number of aromatic nitrogens is 2. The average Bonchev–Trinajstić information content (AvgIpc) is 2.76. The van der Waals surface area contributed by atoms with Gasteiger partial charge in [0.05, 0.1) is 11.4 Å². The zero-order chi connectivity index (χ0) is 15.8. The maximum atomic E-state index is 5.82. The van der Waals surface area contributed by atoms with E-state index in [2.05, 4.69) is 44.9 Å². The number of rotatable bonds is 4. The van der Waals surface area contributed by atoms with Crippen molar-refractivity contribution in [1.29, 1.82) is 0 Å². The Labute approximate surface area is 128 Å². The molecule has 0 aliphatic rings. The first-order valence-corrected chi connectivity index (χ1v) is 7.70. The van der Waals surface area contributed by atoms with Gasteiger partial charge in [-0.1, -0.05) is 46.2 Å². The summed E-state index contributed by atoms with van der Waals surface area (Å²) in [4.78, 5) is 0. The summed E-state index contributed by atoms with van der Waals surface area (Å²) in [5.74, 6) is 1.44. The molecule has 0 bridgehead atoms. The number of ether oxygens (including phenoxy) is 1. The van der Waals surface area contributed by atoms with Gasteiger partial charge in [-0.25, -0.2) is 0 Å². The Morgan fingerprint density at radius 1 is 1.19 bits per heavy atom. The molecule has 0 amide bonds. The lowest BCUT2D eigenvalue weighted by atomic mass is 10.0. The highest BCUT2D eigenvalue weighted by Crippen LogP contribution is 2.20. The Kier molecular flexibility index (Phi) is 7.00. The van der Waals surface area contributed by atoms with Crippen LogP contribution in [0, 0.1) is 6.92 Å². The van der Waals surface area contributed by atoms with Crippen LogP contribution in [0.2, 0.25) is 0 Å². The zero-order valence-electron chi connectivity index (χ0n) is 14.2. The van der Waals surface area contributed by atoms with Gasteiger partial charge >= 0.3 is 0 Å². The van der Waals surface area contributed by atoms with Crippen molar-refractivity contribution in [2.24, 2.45) is 7.05 Å². The SMILES string of the molecule is CCC.Cc1cc(COc2cccc(C(C)C)c2)n(C)n1. The van der Waals surface area contributed by atoms with Crippen molar-refractivity contribution in [3.8, 4) is 5.75 Å². The van der Waals surface area contributed by atoms with Gasteiger partial charge in [0.2, 0.25) is 0 Å². The van der Waals surface area contributed by atoms with Crippen LogP contribution in [0.4, 0.5) is 0 Å². The van der Waals surface area contributed by atoms with Crippen LogP contribution in [0.3, 0.4) is 0 Å². The van der Waals surface area contributed by atoms with Gasteiger partial charge < -0.3 is 4.74 Å². The number of benzene rings is 1. The molecular formula is C18H28N2O. The Morgan fingerprint density at radius 2 is 1.86 bits per heavy atom. The second kappa shape index (κ2) is 8.50. The normalized spacial score (nSPS) is 10.2. The van der Waals surface area contributed by atoms with Gasteiger partial charge in [0.15, 0.2) is 0 Å². The highest BCUT2D eigenvalue weighted by molar-refractivity contribution is 5.30. The molecule has 0 saturated heterocycles. The van der Waals surface area contributed by atoms with Gasteiger partial charge in [0.1, 0.15) is 12.4 Å². The van der Waals surface area contributed by atoms with Crippen LogP contribution in [-0.2, 0) is 13.7 Å². The summed E-state index contributed by atoms with van der Waals surface area (Å²) in [5, 5.41) is 4.31. The average molecular weight is 288 g/mol. The molecule has 1 heterocycles. The molecule has 0 unspecified atom stereocenters. The van der Waals surface area contributed by atoms with Crippen molar-refractivity contribution in [2.75, 3.05) is 0 Å². The highest BCUT2D eigenvalue weighted by Gasteiger charge is 2.04. The van der Waals surface area contributed by atoms with Crippen LogP contribution < -0.4 is 4.74 Å². The quantitative estimate of drug-likeness (QED) is 0.804. The van der Waals surface area contributed by atoms with Crippen molar-refractivity contribution in [3.63, 3.8) is 0 Å². The Balaban J connectivity index is 0.000000677. The van der Waals surface area contributed by atoms with E-state index in [1.165, 1.54) is 12.0 Å². The molecule has 1 aromatic carbocycles. The van der Waals surface area contributed by atoms with Gasteiger partial charge in [-0.2, -0.15) is 5.10 Å². The van der Waals surface area contributed by atoms with Crippen molar-refractivity contribution in [1.82, 2.24) is 9.78 Å². The lowest BCUT2D eigenvalue weighted by Crippen LogP contribution is -2.03. The second-order valence-corrected chi connectivity index (χ2v) is 5.62. The summed E-state index contributed by atoms with van der Waals surface area (Å²) in [7, 11) is 1.94. The van der Waals surface area contributed by atoms with Crippen LogP contribution in [0.25, 0.3) is 0 Å². The predicted molar refractivity (Wildman–Crippen MR) is 88.8 cm³/mol. The smallest absolute Gasteiger partial charge is 0.130 e. The van der Waals surface area contributed by atoms with E-state index in [4.69, 9.17) is 4.74 Å². The topological polar surface area (TPSA) is 27.1 Å². The minimum absolute atomic E-state index is 0.521. The third-order valence-corrected chi connectivity index (χ3v) is 3.01. The maximum absolute atomic E-state index is 5.82. The van der Waals surface area contributed by atoms with Crippen LogP contribution >= 0.6 is 0 Å². The van der Waals surface area contributed by atoms with Crippen molar-refractivity contribution >= 4 is 0 Å². The molecule has 0 N–H and O–H groups in total. The standard InChI is InChI=1S/C15H20N2O.C3H8/c1-11(2)13-6-5-7-15(9-13)18-10-14-8-12(3)16-17(14)4;1-3-2/h5-9,11H,10H2,1-4H3;3H2,1-2H3. The molecule has 0 saturated carbocycles. The summed E-state index contributed by atoms with van der Waals surface area (Å²) in [6.07, 6.45) is 1.25. The molecule has 0 radical (unpaired) electrons. The molecular weight excluding hydrogens is 260 g/mol. The summed E-state index contributed by atoms with van der Waals surface area (Å²) in [6, 6.07) is 10.3. The number of nitrogens with zero attached hydrogens (tertiary/aromatic N) is 2. The van der Waals surface area contributed by atoms with E-state index in [0.29, 0.717) is 12.5 Å². The zero-order valence-corrected chi connectivity index (χ0v) is 14.2. The van der Waals surface area contributed by atoms with E-state index < -0.39 is 0 Å². The molecule has 116 valence electrons. The van der Waals surface area contributed by atoms with Gasteiger partial charge in [0, 0.05) is 7.05 Å². The molecule has 0 atom stereocenters. The molecule has 3 heteroatoms. The second-order valence-electron chi connectivity index (χ2n) is 5.62.